The van der Waals surface area contributed by atoms with Crippen LogP contribution in [0.1, 0.15) is 54.1 Å². The van der Waals surface area contributed by atoms with Gasteiger partial charge in [0, 0.05) is 24.0 Å². The number of thiophene rings is 1. The van der Waals surface area contributed by atoms with Crippen molar-refractivity contribution in [2.24, 2.45) is 5.92 Å². The Morgan fingerprint density at radius 2 is 2.23 bits per heavy atom. The van der Waals surface area contributed by atoms with Crippen LogP contribution in [0.5, 0.6) is 0 Å². The lowest BCUT2D eigenvalue weighted by molar-refractivity contribution is -0.127. The zero-order valence-corrected chi connectivity index (χ0v) is 14.5. The Bertz CT molecular complexity index is 526. The van der Waals surface area contributed by atoms with Crippen molar-refractivity contribution in [3.63, 3.8) is 0 Å². The van der Waals surface area contributed by atoms with Crippen LogP contribution in [-0.2, 0) is 4.79 Å². The van der Waals surface area contributed by atoms with Gasteiger partial charge in [0.05, 0.1) is 10.8 Å². The van der Waals surface area contributed by atoms with Gasteiger partial charge in [0.25, 0.3) is 5.91 Å². The highest BCUT2D eigenvalue weighted by Gasteiger charge is 2.29. The summed E-state index contributed by atoms with van der Waals surface area (Å²) in [6, 6.07) is 4.07. The fourth-order valence-corrected chi connectivity index (χ4v) is 3.78. The smallest absolute Gasteiger partial charge is 0.263 e. The monoisotopic (exact) mass is 322 g/mol. The van der Waals surface area contributed by atoms with Crippen LogP contribution in [0, 0.1) is 12.8 Å². The predicted molar refractivity (Wildman–Crippen MR) is 90.2 cm³/mol. The van der Waals surface area contributed by atoms with Gasteiger partial charge in [0.15, 0.2) is 0 Å². The van der Waals surface area contributed by atoms with Crippen molar-refractivity contribution in [2.45, 2.75) is 52.5 Å². The number of rotatable bonds is 5. The first-order valence-electron chi connectivity index (χ1n) is 8.17. The van der Waals surface area contributed by atoms with Crippen LogP contribution in [0.4, 0.5) is 0 Å². The maximum Gasteiger partial charge on any atom is 0.263 e. The van der Waals surface area contributed by atoms with E-state index in [1.54, 1.807) is 0 Å². The lowest BCUT2D eigenvalue weighted by Crippen LogP contribution is -2.47. The summed E-state index contributed by atoms with van der Waals surface area (Å²) in [4.78, 5) is 28.6. The third kappa shape index (κ3) is 4.32. The molecule has 2 atom stereocenters. The van der Waals surface area contributed by atoms with E-state index in [-0.39, 0.29) is 23.8 Å². The first kappa shape index (κ1) is 17.0. The zero-order chi connectivity index (χ0) is 16.1. The van der Waals surface area contributed by atoms with E-state index in [0.29, 0.717) is 6.54 Å². The molecule has 0 radical (unpaired) electrons. The minimum atomic E-state index is -0.0712. The van der Waals surface area contributed by atoms with Crippen molar-refractivity contribution in [3.05, 3.63) is 21.9 Å². The first-order valence-corrected chi connectivity index (χ1v) is 8.99. The topological polar surface area (TPSA) is 49.4 Å². The van der Waals surface area contributed by atoms with Gasteiger partial charge in [-0.2, -0.15) is 0 Å². The van der Waals surface area contributed by atoms with Crippen LogP contribution in [0.25, 0.3) is 0 Å². The van der Waals surface area contributed by atoms with Crippen molar-refractivity contribution >= 4 is 23.2 Å². The number of likely N-dealkylation sites (tertiary alicyclic amines) is 1. The molecule has 4 nitrogen and oxygen atoms in total. The Morgan fingerprint density at radius 3 is 2.86 bits per heavy atom. The summed E-state index contributed by atoms with van der Waals surface area (Å²) in [6.45, 7) is 7.46. The second kappa shape index (κ2) is 7.77. The fourth-order valence-electron chi connectivity index (χ4n) is 2.95. The molecule has 2 heterocycles. The Labute approximate surface area is 136 Å². The molecule has 2 rings (SSSR count). The van der Waals surface area contributed by atoms with Crippen LogP contribution in [0.15, 0.2) is 12.1 Å². The van der Waals surface area contributed by atoms with Crippen LogP contribution in [0.3, 0.4) is 0 Å². The average molecular weight is 322 g/mol. The van der Waals surface area contributed by atoms with E-state index in [1.807, 2.05) is 30.9 Å². The molecule has 1 fully saturated rings. The highest BCUT2D eigenvalue weighted by atomic mass is 32.1. The number of carbonyl (C=O) groups excluding carboxylic acids is 2. The van der Waals surface area contributed by atoms with Gasteiger partial charge in [0.2, 0.25) is 5.91 Å². The summed E-state index contributed by atoms with van der Waals surface area (Å²) in [5.74, 6) is 0.0936. The minimum Gasteiger partial charge on any atom is -0.353 e. The number of carbonyl (C=O) groups is 2. The van der Waals surface area contributed by atoms with Gasteiger partial charge in [-0.1, -0.05) is 13.3 Å². The number of hydrogen-bond acceptors (Lipinski definition) is 3. The normalized spacial score (nSPS) is 19.8. The van der Waals surface area contributed by atoms with E-state index in [9.17, 15) is 9.59 Å². The van der Waals surface area contributed by atoms with Crippen LogP contribution in [0.2, 0.25) is 0 Å². The van der Waals surface area contributed by atoms with E-state index in [4.69, 9.17) is 0 Å². The largest absolute Gasteiger partial charge is 0.353 e. The van der Waals surface area contributed by atoms with Crippen molar-refractivity contribution in [3.8, 4) is 0 Å². The van der Waals surface area contributed by atoms with Crippen molar-refractivity contribution in [1.29, 1.82) is 0 Å². The van der Waals surface area contributed by atoms with Crippen LogP contribution >= 0.6 is 11.3 Å². The van der Waals surface area contributed by atoms with Gasteiger partial charge in [-0.25, -0.2) is 0 Å². The summed E-state index contributed by atoms with van der Waals surface area (Å²) < 4.78 is 0. The summed E-state index contributed by atoms with van der Waals surface area (Å²) in [5, 5.41) is 3.08. The summed E-state index contributed by atoms with van der Waals surface area (Å²) in [5.41, 5.74) is 0. The quantitative estimate of drug-likeness (QED) is 0.905. The van der Waals surface area contributed by atoms with Crippen molar-refractivity contribution in [2.75, 3.05) is 13.1 Å². The van der Waals surface area contributed by atoms with Gasteiger partial charge in [-0.15, -0.1) is 11.3 Å². The van der Waals surface area contributed by atoms with Crippen LogP contribution in [-0.4, -0.2) is 35.8 Å². The maximum atomic E-state index is 12.5. The number of hydrogen-bond donors (Lipinski definition) is 1. The van der Waals surface area contributed by atoms with Gasteiger partial charge < -0.3 is 10.2 Å². The number of amides is 2. The Kier molecular flexibility index (Phi) is 6.00. The molecule has 0 aromatic carbocycles. The van der Waals surface area contributed by atoms with E-state index in [2.05, 4.69) is 12.2 Å². The molecule has 5 heteroatoms. The summed E-state index contributed by atoms with van der Waals surface area (Å²) in [7, 11) is 0. The molecular formula is C17H26N2O2S. The van der Waals surface area contributed by atoms with Crippen molar-refractivity contribution in [1.82, 2.24) is 10.2 Å². The molecular weight excluding hydrogens is 296 g/mol. The fraction of sp³-hybridized carbons (Fsp3) is 0.647. The molecule has 1 aliphatic rings. The zero-order valence-electron chi connectivity index (χ0n) is 13.7. The molecule has 0 unspecified atom stereocenters. The molecule has 22 heavy (non-hydrogen) atoms. The highest BCUT2D eigenvalue weighted by Crippen LogP contribution is 2.22. The lowest BCUT2D eigenvalue weighted by atomic mass is 9.96. The third-order valence-corrected chi connectivity index (χ3v) is 5.13. The molecule has 122 valence electrons. The molecule has 0 aliphatic carbocycles. The molecule has 2 amide bonds. The SMILES string of the molecule is CCC[C@@H](C)NC(=O)[C@@H]1CCCN(C(=O)c2ccc(C)s2)C1. The van der Waals surface area contributed by atoms with E-state index >= 15 is 0 Å². The van der Waals surface area contributed by atoms with E-state index in [1.165, 1.54) is 11.3 Å². The van der Waals surface area contributed by atoms with Gasteiger partial charge in [-0.3, -0.25) is 9.59 Å². The summed E-state index contributed by atoms with van der Waals surface area (Å²) in [6.07, 6.45) is 3.83. The highest BCUT2D eigenvalue weighted by molar-refractivity contribution is 7.13. The maximum absolute atomic E-state index is 12.5. The average Bonchev–Trinajstić information content (AvgIpc) is 2.93. The predicted octanol–water partition coefficient (Wildman–Crippen LogP) is 3.21. The van der Waals surface area contributed by atoms with Crippen molar-refractivity contribution < 1.29 is 9.59 Å². The van der Waals surface area contributed by atoms with Gasteiger partial charge in [0.1, 0.15) is 0 Å². The summed E-state index contributed by atoms with van der Waals surface area (Å²) >= 11 is 1.52. The molecule has 1 aromatic heterocycles. The Balaban J connectivity index is 1.93. The molecule has 1 saturated heterocycles. The van der Waals surface area contributed by atoms with Gasteiger partial charge in [-0.05, 0) is 45.2 Å². The lowest BCUT2D eigenvalue weighted by Gasteiger charge is -2.32. The molecule has 0 spiro atoms. The number of nitrogens with one attached hydrogen (secondary N) is 1. The number of aryl methyl sites for hydroxylation is 1. The number of piperidine rings is 1. The first-order chi connectivity index (χ1) is 10.5. The molecule has 1 N–H and O–H groups in total. The molecule has 1 aromatic rings. The standard InChI is InChI=1S/C17H26N2O2S/c1-4-6-12(2)18-16(20)14-7-5-10-19(11-14)17(21)15-9-8-13(3)22-15/h8-9,12,14H,4-7,10-11H2,1-3H3,(H,18,20)/t12-,14-/m1/s1. The molecule has 1 aliphatic heterocycles. The second-order valence-corrected chi connectivity index (χ2v) is 7.49. The Hall–Kier alpha value is -1.36. The van der Waals surface area contributed by atoms with E-state index in [0.717, 1.165) is 42.0 Å². The molecule has 0 bridgehead atoms. The van der Waals surface area contributed by atoms with Gasteiger partial charge >= 0.3 is 0 Å². The second-order valence-electron chi connectivity index (χ2n) is 6.20. The minimum absolute atomic E-state index is 0.0669. The van der Waals surface area contributed by atoms with E-state index < -0.39 is 0 Å². The molecule has 0 saturated carbocycles. The Morgan fingerprint density at radius 1 is 1.45 bits per heavy atom. The third-order valence-electron chi connectivity index (χ3n) is 4.14. The van der Waals surface area contributed by atoms with Crippen LogP contribution < -0.4 is 5.32 Å². The number of nitrogens with zero attached hydrogens (tertiary/aromatic N) is 1.